The number of H-pyrrole nitrogens is 1. The predicted molar refractivity (Wildman–Crippen MR) is 119 cm³/mol. The maximum absolute atomic E-state index is 13.5. The number of aromatic amines is 1. The molecule has 0 spiro atoms. The molecule has 1 heterocycles. The number of hydrogen-bond donors (Lipinski definition) is 2. The minimum absolute atomic E-state index is 0.0101. The number of hydrogen-bond acceptors (Lipinski definition) is 5. The maximum Gasteiger partial charge on any atom is 0.330 e. The SMILES string of the molecule is CCCCCN(C(=O)c1ccccc1OCC)c1c(N)n(CCCC)c(=O)[nH]c1=O. The summed E-state index contributed by atoms with van der Waals surface area (Å²) in [7, 11) is 0. The summed E-state index contributed by atoms with van der Waals surface area (Å²) in [5, 5.41) is 0. The number of nitrogens with two attached hydrogens (primary N) is 1. The number of unbranched alkanes of at least 4 members (excludes halogenated alkanes) is 3. The normalized spacial score (nSPS) is 10.8. The van der Waals surface area contributed by atoms with Gasteiger partial charge in [0, 0.05) is 13.1 Å². The van der Waals surface area contributed by atoms with E-state index >= 15 is 0 Å². The average molecular weight is 417 g/mol. The Bertz CT molecular complexity index is 964. The summed E-state index contributed by atoms with van der Waals surface area (Å²) in [6, 6.07) is 6.92. The van der Waals surface area contributed by atoms with Gasteiger partial charge in [-0.2, -0.15) is 0 Å². The number of nitrogen functional groups attached to an aromatic ring is 1. The van der Waals surface area contributed by atoms with E-state index in [2.05, 4.69) is 11.9 Å². The Labute approximate surface area is 176 Å². The van der Waals surface area contributed by atoms with E-state index in [0.29, 0.717) is 37.4 Å². The van der Waals surface area contributed by atoms with Crippen molar-refractivity contribution >= 4 is 17.4 Å². The predicted octanol–water partition coefficient (Wildman–Crippen LogP) is 3.15. The Morgan fingerprint density at radius 2 is 1.80 bits per heavy atom. The Hall–Kier alpha value is -3.03. The molecule has 0 atom stereocenters. The molecule has 0 bridgehead atoms. The number of para-hydroxylation sites is 1. The van der Waals surface area contributed by atoms with E-state index in [-0.39, 0.29) is 17.4 Å². The van der Waals surface area contributed by atoms with Gasteiger partial charge in [-0.05, 0) is 31.9 Å². The summed E-state index contributed by atoms with van der Waals surface area (Å²) in [5.74, 6) is 0.0729. The number of carbonyl (C=O) groups is 1. The molecule has 0 aliphatic heterocycles. The van der Waals surface area contributed by atoms with Gasteiger partial charge in [0.15, 0.2) is 5.69 Å². The van der Waals surface area contributed by atoms with Crippen molar-refractivity contribution in [3.63, 3.8) is 0 Å². The Morgan fingerprint density at radius 3 is 2.47 bits per heavy atom. The molecule has 2 aromatic rings. The van der Waals surface area contributed by atoms with Gasteiger partial charge in [0.05, 0.1) is 12.2 Å². The summed E-state index contributed by atoms with van der Waals surface area (Å²) in [6.45, 7) is 6.99. The second-order valence-corrected chi connectivity index (χ2v) is 7.09. The zero-order valence-electron chi connectivity index (χ0n) is 18.1. The van der Waals surface area contributed by atoms with E-state index in [1.165, 1.54) is 9.47 Å². The van der Waals surface area contributed by atoms with Crippen LogP contribution < -0.4 is 26.6 Å². The summed E-state index contributed by atoms with van der Waals surface area (Å²) in [6.07, 6.45) is 4.14. The molecule has 1 aromatic heterocycles. The van der Waals surface area contributed by atoms with Crippen LogP contribution in [0.5, 0.6) is 5.75 Å². The number of benzene rings is 1. The second kappa shape index (κ2) is 11.2. The van der Waals surface area contributed by atoms with Crippen molar-refractivity contribution in [1.82, 2.24) is 9.55 Å². The van der Waals surface area contributed by atoms with E-state index in [1.54, 1.807) is 24.3 Å². The molecule has 30 heavy (non-hydrogen) atoms. The van der Waals surface area contributed by atoms with Gasteiger partial charge >= 0.3 is 5.69 Å². The molecule has 1 amide bonds. The number of anilines is 2. The summed E-state index contributed by atoms with van der Waals surface area (Å²) >= 11 is 0. The van der Waals surface area contributed by atoms with Crippen LogP contribution in [0.1, 0.15) is 63.2 Å². The van der Waals surface area contributed by atoms with Crippen LogP contribution in [0.4, 0.5) is 11.5 Å². The minimum atomic E-state index is -0.663. The van der Waals surface area contributed by atoms with Crippen molar-refractivity contribution in [2.24, 2.45) is 0 Å². The fourth-order valence-corrected chi connectivity index (χ4v) is 3.28. The van der Waals surface area contributed by atoms with E-state index < -0.39 is 11.2 Å². The van der Waals surface area contributed by atoms with Gasteiger partial charge in [-0.15, -0.1) is 0 Å². The number of ether oxygens (including phenoxy) is 1. The summed E-state index contributed by atoms with van der Waals surface area (Å²) in [4.78, 5) is 42.2. The smallest absolute Gasteiger partial charge is 0.330 e. The van der Waals surface area contributed by atoms with E-state index in [9.17, 15) is 14.4 Å². The van der Waals surface area contributed by atoms with Crippen molar-refractivity contribution in [3.8, 4) is 5.75 Å². The molecule has 0 aliphatic carbocycles. The van der Waals surface area contributed by atoms with Gasteiger partial charge in [0.1, 0.15) is 11.6 Å². The zero-order chi connectivity index (χ0) is 22.1. The van der Waals surface area contributed by atoms with E-state index in [4.69, 9.17) is 10.5 Å². The van der Waals surface area contributed by atoms with Crippen molar-refractivity contribution in [2.45, 2.75) is 59.4 Å². The van der Waals surface area contributed by atoms with E-state index in [0.717, 1.165) is 25.7 Å². The van der Waals surface area contributed by atoms with Crippen molar-refractivity contribution < 1.29 is 9.53 Å². The Balaban J connectivity index is 2.59. The lowest BCUT2D eigenvalue weighted by Crippen LogP contribution is -2.41. The number of nitrogens with zero attached hydrogens (tertiary/aromatic N) is 2. The highest BCUT2D eigenvalue weighted by atomic mass is 16.5. The van der Waals surface area contributed by atoms with Gasteiger partial charge in [-0.3, -0.25) is 19.1 Å². The molecule has 1 aromatic carbocycles. The number of aromatic nitrogens is 2. The highest BCUT2D eigenvalue weighted by molar-refractivity contribution is 6.08. The molecule has 164 valence electrons. The molecular weight excluding hydrogens is 384 g/mol. The van der Waals surface area contributed by atoms with Crippen LogP contribution in [-0.4, -0.2) is 28.6 Å². The molecule has 2 rings (SSSR count). The van der Waals surface area contributed by atoms with Crippen molar-refractivity contribution in [2.75, 3.05) is 23.8 Å². The second-order valence-electron chi connectivity index (χ2n) is 7.09. The summed E-state index contributed by atoms with van der Waals surface area (Å²) in [5.41, 5.74) is 5.39. The lowest BCUT2D eigenvalue weighted by Gasteiger charge is -2.25. The van der Waals surface area contributed by atoms with Crippen LogP contribution in [0.3, 0.4) is 0 Å². The molecule has 8 nitrogen and oxygen atoms in total. The quantitative estimate of drug-likeness (QED) is 0.547. The van der Waals surface area contributed by atoms with Crippen LogP contribution >= 0.6 is 0 Å². The first-order valence-corrected chi connectivity index (χ1v) is 10.6. The topological polar surface area (TPSA) is 110 Å². The van der Waals surface area contributed by atoms with Crippen LogP contribution in [0.25, 0.3) is 0 Å². The highest BCUT2D eigenvalue weighted by Crippen LogP contribution is 2.25. The molecule has 0 radical (unpaired) electrons. The summed E-state index contributed by atoms with van der Waals surface area (Å²) < 4.78 is 6.93. The number of amides is 1. The molecule has 0 saturated heterocycles. The third kappa shape index (κ3) is 5.31. The molecule has 0 unspecified atom stereocenters. The molecule has 3 N–H and O–H groups in total. The maximum atomic E-state index is 13.5. The van der Waals surface area contributed by atoms with Gasteiger partial charge in [0.25, 0.3) is 11.5 Å². The standard InChI is InChI=1S/C22H32N4O4/c1-4-7-11-15-25(21(28)16-12-9-10-13-17(16)30-6-3)18-19(23)26(14-8-5-2)22(29)24-20(18)27/h9-10,12-13H,4-8,11,14-15,23H2,1-3H3,(H,24,27,29). The first-order chi connectivity index (χ1) is 14.5. The highest BCUT2D eigenvalue weighted by Gasteiger charge is 2.26. The van der Waals surface area contributed by atoms with Gasteiger partial charge < -0.3 is 15.4 Å². The monoisotopic (exact) mass is 416 g/mol. The van der Waals surface area contributed by atoms with Crippen LogP contribution in [0, 0.1) is 0 Å². The molecule has 8 heteroatoms. The zero-order valence-corrected chi connectivity index (χ0v) is 18.1. The first-order valence-electron chi connectivity index (χ1n) is 10.6. The molecule has 0 saturated carbocycles. The largest absolute Gasteiger partial charge is 0.493 e. The van der Waals surface area contributed by atoms with Gasteiger partial charge in [0.2, 0.25) is 0 Å². The minimum Gasteiger partial charge on any atom is -0.493 e. The van der Waals surface area contributed by atoms with E-state index in [1.807, 2.05) is 13.8 Å². The molecule has 0 fully saturated rings. The number of nitrogens with one attached hydrogen (secondary N) is 1. The first kappa shape index (κ1) is 23.3. The van der Waals surface area contributed by atoms with Gasteiger partial charge in [-0.1, -0.05) is 45.2 Å². The van der Waals surface area contributed by atoms with Crippen LogP contribution in [-0.2, 0) is 6.54 Å². The third-order valence-electron chi connectivity index (χ3n) is 4.87. The lowest BCUT2D eigenvalue weighted by molar-refractivity contribution is 0.0982. The van der Waals surface area contributed by atoms with Gasteiger partial charge in [-0.25, -0.2) is 4.79 Å². The van der Waals surface area contributed by atoms with Crippen LogP contribution in [0.2, 0.25) is 0 Å². The number of carbonyl (C=O) groups excluding carboxylic acids is 1. The molecule has 0 aliphatic rings. The fraction of sp³-hybridized carbons (Fsp3) is 0.500. The van der Waals surface area contributed by atoms with Crippen LogP contribution in [0.15, 0.2) is 33.9 Å². The fourth-order valence-electron chi connectivity index (χ4n) is 3.28. The molecular formula is C22H32N4O4. The third-order valence-corrected chi connectivity index (χ3v) is 4.87. The Kier molecular flexibility index (Phi) is 8.70. The lowest BCUT2D eigenvalue weighted by atomic mass is 10.1. The Morgan fingerprint density at radius 1 is 1.10 bits per heavy atom. The van der Waals surface area contributed by atoms with Crippen molar-refractivity contribution in [1.29, 1.82) is 0 Å². The van der Waals surface area contributed by atoms with Crippen molar-refractivity contribution in [3.05, 3.63) is 50.7 Å². The average Bonchev–Trinajstić information content (AvgIpc) is 2.72. The number of rotatable bonds is 11.